The normalized spacial score (nSPS) is 16.1. The van der Waals surface area contributed by atoms with E-state index in [2.05, 4.69) is 0 Å². The number of carbonyl (C=O) groups is 1. The van der Waals surface area contributed by atoms with Gasteiger partial charge >= 0.3 is 0 Å². The first-order valence-corrected chi connectivity index (χ1v) is 9.74. The van der Waals surface area contributed by atoms with E-state index in [-0.39, 0.29) is 24.9 Å². The smallest absolute Gasteiger partial charge is 0.232 e. The highest BCUT2D eigenvalue weighted by Crippen LogP contribution is 2.36. The van der Waals surface area contributed by atoms with Gasteiger partial charge in [0.1, 0.15) is 35.4 Å². The number of furan rings is 1. The highest BCUT2D eigenvalue weighted by atomic mass is 35.5. The van der Waals surface area contributed by atoms with Gasteiger partial charge in [0.05, 0.1) is 12.2 Å². The van der Waals surface area contributed by atoms with E-state index in [1.807, 2.05) is 25.1 Å². The van der Waals surface area contributed by atoms with Gasteiger partial charge < -0.3 is 23.4 Å². The first-order chi connectivity index (χ1) is 14.6. The van der Waals surface area contributed by atoms with Gasteiger partial charge in [0.15, 0.2) is 12.6 Å². The van der Waals surface area contributed by atoms with Crippen LogP contribution >= 0.6 is 11.6 Å². The predicted molar refractivity (Wildman–Crippen MR) is 109 cm³/mol. The Morgan fingerprint density at radius 2 is 2.07 bits per heavy atom. The topological polar surface area (TPSA) is 67.1 Å². The largest absolute Gasteiger partial charge is 0.489 e. The molecule has 0 unspecified atom stereocenters. The number of halogens is 1. The molecule has 0 radical (unpaired) electrons. The Kier molecular flexibility index (Phi) is 4.73. The molecule has 0 saturated heterocycles. The summed E-state index contributed by atoms with van der Waals surface area (Å²) >= 11 is 6.20. The highest BCUT2D eigenvalue weighted by Gasteiger charge is 2.28. The van der Waals surface area contributed by atoms with Gasteiger partial charge in [0.2, 0.25) is 5.78 Å². The second-order valence-electron chi connectivity index (χ2n) is 7.00. The van der Waals surface area contributed by atoms with Crippen LogP contribution in [0.15, 0.2) is 52.6 Å². The van der Waals surface area contributed by atoms with Crippen LogP contribution < -0.4 is 14.2 Å². The number of carbonyl (C=O) groups excluding carboxylic acids is 1. The number of hydrogen-bond donors (Lipinski definition) is 0. The molecule has 6 nitrogen and oxygen atoms in total. The minimum Gasteiger partial charge on any atom is -0.489 e. The minimum atomic E-state index is -0.192. The van der Waals surface area contributed by atoms with Crippen molar-refractivity contribution in [3.8, 4) is 17.2 Å². The summed E-state index contributed by atoms with van der Waals surface area (Å²) in [6.45, 7) is 2.74. The van der Waals surface area contributed by atoms with Crippen molar-refractivity contribution >= 4 is 23.5 Å². The van der Waals surface area contributed by atoms with Gasteiger partial charge in [-0.1, -0.05) is 11.6 Å². The number of ether oxygens (including phenoxy) is 4. The van der Waals surface area contributed by atoms with Crippen molar-refractivity contribution < 1.29 is 28.2 Å². The predicted octanol–water partition coefficient (Wildman–Crippen LogP) is 5.30. The molecule has 0 amide bonds. The van der Waals surface area contributed by atoms with Crippen molar-refractivity contribution in [3.63, 3.8) is 0 Å². The molecule has 3 aromatic rings. The molecule has 3 heterocycles. The maximum atomic E-state index is 12.6. The number of ketones is 1. The molecule has 152 valence electrons. The summed E-state index contributed by atoms with van der Waals surface area (Å²) in [5.74, 6) is 3.10. The van der Waals surface area contributed by atoms with Crippen molar-refractivity contribution in [3.05, 3.63) is 81.5 Å². The molecule has 7 heteroatoms. The fraction of sp³-hybridized carbons (Fsp3) is 0.174. The van der Waals surface area contributed by atoms with E-state index in [9.17, 15) is 4.79 Å². The molecule has 0 spiro atoms. The maximum Gasteiger partial charge on any atom is 0.232 e. The van der Waals surface area contributed by atoms with Gasteiger partial charge in [-0.2, -0.15) is 0 Å². The second-order valence-corrected chi connectivity index (χ2v) is 7.44. The second kappa shape index (κ2) is 7.55. The Hall–Kier alpha value is -3.22. The van der Waals surface area contributed by atoms with Crippen LogP contribution in [0.4, 0.5) is 0 Å². The highest BCUT2D eigenvalue weighted by molar-refractivity contribution is 6.30. The zero-order valence-electron chi connectivity index (χ0n) is 16.1. The van der Waals surface area contributed by atoms with Gasteiger partial charge in [-0.3, -0.25) is 4.79 Å². The molecule has 2 aromatic carbocycles. The van der Waals surface area contributed by atoms with Gasteiger partial charge in [-0.15, -0.1) is 0 Å². The van der Waals surface area contributed by atoms with E-state index < -0.39 is 0 Å². The molecular formula is C23H17ClO6. The first-order valence-electron chi connectivity index (χ1n) is 9.36. The third-order valence-electron chi connectivity index (χ3n) is 4.82. The van der Waals surface area contributed by atoms with Crippen LogP contribution in [-0.4, -0.2) is 12.6 Å². The third kappa shape index (κ3) is 3.56. The van der Waals surface area contributed by atoms with Crippen molar-refractivity contribution in [2.24, 2.45) is 0 Å². The van der Waals surface area contributed by atoms with Gasteiger partial charge in [-0.05, 0) is 43.3 Å². The van der Waals surface area contributed by atoms with E-state index >= 15 is 0 Å². The number of allylic oxidation sites excluding steroid dienone is 1. The summed E-state index contributed by atoms with van der Waals surface area (Å²) in [4.78, 5) is 12.6. The molecule has 0 atom stereocenters. The van der Waals surface area contributed by atoms with Crippen LogP contribution in [-0.2, 0) is 18.0 Å². The van der Waals surface area contributed by atoms with E-state index in [0.717, 1.165) is 22.6 Å². The van der Waals surface area contributed by atoms with Crippen LogP contribution in [0.2, 0.25) is 5.02 Å². The standard InChI is InChI=1S/C23H17ClO6/c1-13-2-3-18(29-13)9-21-22(25)19-5-4-17(8-20(19)30-21)27-11-15-7-16(24)6-14-10-26-12-28-23(14)15/h2-9H,10-12H2,1H3/b21-9-. The minimum absolute atomic E-state index is 0.192. The van der Waals surface area contributed by atoms with E-state index in [4.69, 9.17) is 35.0 Å². The number of rotatable bonds is 4. The molecular weight excluding hydrogens is 408 g/mol. The lowest BCUT2D eigenvalue weighted by Gasteiger charge is -2.21. The Bertz CT molecular complexity index is 1180. The van der Waals surface area contributed by atoms with Crippen molar-refractivity contribution in [1.29, 1.82) is 0 Å². The number of fused-ring (bicyclic) bond motifs is 2. The molecule has 1 aromatic heterocycles. The average Bonchev–Trinajstić information content (AvgIpc) is 3.28. The lowest BCUT2D eigenvalue weighted by atomic mass is 10.1. The number of Topliss-reactive ketones (excluding diaryl/α,β-unsaturated/α-hetero) is 1. The Morgan fingerprint density at radius 1 is 1.17 bits per heavy atom. The quantitative estimate of drug-likeness (QED) is 0.529. The van der Waals surface area contributed by atoms with E-state index in [0.29, 0.717) is 34.5 Å². The summed E-state index contributed by atoms with van der Waals surface area (Å²) in [7, 11) is 0. The van der Waals surface area contributed by atoms with E-state index in [1.165, 1.54) is 0 Å². The summed E-state index contributed by atoms with van der Waals surface area (Å²) in [6, 6.07) is 12.4. The summed E-state index contributed by atoms with van der Waals surface area (Å²) in [6.07, 6.45) is 1.59. The zero-order chi connectivity index (χ0) is 20.7. The molecule has 2 aliphatic heterocycles. The van der Waals surface area contributed by atoms with Gasteiger partial charge in [0.25, 0.3) is 0 Å². The summed E-state index contributed by atoms with van der Waals surface area (Å²) in [5.41, 5.74) is 2.20. The Balaban J connectivity index is 1.35. The zero-order valence-corrected chi connectivity index (χ0v) is 16.8. The fourth-order valence-electron chi connectivity index (χ4n) is 3.44. The van der Waals surface area contributed by atoms with Crippen LogP contribution in [0.25, 0.3) is 6.08 Å². The molecule has 0 bridgehead atoms. The van der Waals surface area contributed by atoms with Crippen LogP contribution in [0.5, 0.6) is 17.2 Å². The van der Waals surface area contributed by atoms with Crippen LogP contribution in [0.3, 0.4) is 0 Å². The molecule has 5 rings (SSSR count). The number of aryl methyl sites for hydroxylation is 1. The van der Waals surface area contributed by atoms with Crippen molar-refractivity contribution in [2.45, 2.75) is 20.1 Å². The van der Waals surface area contributed by atoms with Crippen molar-refractivity contribution in [2.75, 3.05) is 6.79 Å². The van der Waals surface area contributed by atoms with Crippen LogP contribution in [0, 0.1) is 6.92 Å². The molecule has 0 N–H and O–H groups in total. The molecule has 30 heavy (non-hydrogen) atoms. The SMILES string of the molecule is Cc1ccc(/C=C2\Oc3cc(OCc4cc(Cl)cc5c4OCOC5)ccc3C2=O)o1. The lowest BCUT2D eigenvalue weighted by Crippen LogP contribution is -2.14. The van der Waals surface area contributed by atoms with Gasteiger partial charge in [0, 0.05) is 28.3 Å². The third-order valence-corrected chi connectivity index (χ3v) is 5.04. The molecule has 0 saturated carbocycles. The molecule has 0 aliphatic carbocycles. The van der Waals surface area contributed by atoms with Gasteiger partial charge in [-0.25, -0.2) is 0 Å². The summed E-state index contributed by atoms with van der Waals surface area (Å²) in [5, 5.41) is 0.590. The lowest BCUT2D eigenvalue weighted by molar-refractivity contribution is -0.0175. The average molecular weight is 425 g/mol. The monoisotopic (exact) mass is 424 g/mol. The van der Waals surface area contributed by atoms with E-state index in [1.54, 1.807) is 30.3 Å². The van der Waals surface area contributed by atoms with Crippen molar-refractivity contribution in [1.82, 2.24) is 0 Å². The first kappa shape index (κ1) is 18.8. The number of benzene rings is 2. The molecule has 2 aliphatic rings. The Labute approximate surface area is 177 Å². The summed E-state index contributed by atoms with van der Waals surface area (Å²) < 4.78 is 28.1. The molecule has 0 fully saturated rings. The van der Waals surface area contributed by atoms with Crippen LogP contribution in [0.1, 0.15) is 33.0 Å². The Morgan fingerprint density at radius 3 is 2.90 bits per heavy atom. The number of hydrogen-bond acceptors (Lipinski definition) is 6. The fourth-order valence-corrected chi connectivity index (χ4v) is 3.71. The maximum absolute atomic E-state index is 12.6.